The van der Waals surface area contributed by atoms with Crippen LogP contribution >= 0.6 is 11.3 Å². The van der Waals surface area contributed by atoms with Crippen LogP contribution in [0.25, 0.3) is 86.3 Å². The van der Waals surface area contributed by atoms with E-state index in [2.05, 4.69) is 226 Å². The molecule has 12 rings (SSSR count). The van der Waals surface area contributed by atoms with Gasteiger partial charge in [-0.25, -0.2) is 0 Å². The molecule has 3 aromatic heterocycles. The number of aromatic nitrogens is 2. The zero-order valence-corrected chi connectivity index (χ0v) is 32.3. The number of nitrogens with zero attached hydrogens (tertiary/aromatic N) is 3. The first-order chi connectivity index (χ1) is 28.8. The molecule has 3 nitrogen and oxygen atoms in total. The number of rotatable bonds is 6. The van der Waals surface area contributed by atoms with Crippen molar-refractivity contribution in [3.05, 3.63) is 212 Å². The van der Waals surface area contributed by atoms with Crippen LogP contribution in [0.5, 0.6) is 0 Å². The van der Waals surface area contributed by atoms with Crippen molar-refractivity contribution in [1.82, 2.24) is 9.13 Å². The number of para-hydroxylation sites is 4. The van der Waals surface area contributed by atoms with Crippen LogP contribution in [0.15, 0.2) is 212 Å². The third kappa shape index (κ3) is 5.05. The minimum atomic E-state index is 1.09. The van der Waals surface area contributed by atoms with Crippen molar-refractivity contribution in [3.63, 3.8) is 0 Å². The van der Waals surface area contributed by atoms with Crippen molar-refractivity contribution < 1.29 is 0 Å². The topological polar surface area (TPSA) is 13.1 Å². The molecule has 0 N–H and O–H groups in total. The quantitative estimate of drug-likeness (QED) is 0.165. The van der Waals surface area contributed by atoms with E-state index in [0.29, 0.717) is 0 Å². The summed E-state index contributed by atoms with van der Waals surface area (Å²) in [4.78, 5) is 2.45. The second-order valence-corrected chi connectivity index (χ2v) is 16.0. The normalized spacial score (nSPS) is 11.8. The maximum absolute atomic E-state index is 2.45. The highest BCUT2D eigenvalue weighted by Crippen LogP contribution is 2.46. The van der Waals surface area contributed by atoms with E-state index in [1.54, 1.807) is 0 Å². The molecule has 0 aliphatic carbocycles. The molecular formula is C54H35N3S. The number of fused-ring (bicyclic) bond motifs is 9. The fourth-order valence-corrected chi connectivity index (χ4v) is 10.3. The highest BCUT2D eigenvalue weighted by molar-refractivity contribution is 7.25. The van der Waals surface area contributed by atoms with Gasteiger partial charge in [-0.3, -0.25) is 0 Å². The largest absolute Gasteiger partial charge is 0.310 e. The fourth-order valence-electron chi connectivity index (χ4n) is 9.13. The lowest BCUT2D eigenvalue weighted by Crippen LogP contribution is -2.10. The summed E-state index contributed by atoms with van der Waals surface area (Å²) in [6.45, 7) is 0. The summed E-state index contributed by atoms with van der Waals surface area (Å²) >= 11 is 1.86. The molecule has 272 valence electrons. The molecule has 0 saturated heterocycles. The van der Waals surface area contributed by atoms with E-state index in [-0.39, 0.29) is 0 Å². The van der Waals surface area contributed by atoms with Crippen LogP contribution in [0.2, 0.25) is 0 Å². The molecule has 0 amide bonds. The highest BCUT2D eigenvalue weighted by Gasteiger charge is 2.23. The lowest BCUT2D eigenvalue weighted by molar-refractivity contribution is 1.17. The Labute approximate surface area is 339 Å². The van der Waals surface area contributed by atoms with Gasteiger partial charge in [-0.05, 0) is 96.1 Å². The predicted molar refractivity (Wildman–Crippen MR) is 248 cm³/mol. The molecule has 0 unspecified atom stereocenters. The Morgan fingerprint density at radius 3 is 1.62 bits per heavy atom. The summed E-state index contributed by atoms with van der Waals surface area (Å²) in [6.07, 6.45) is 0. The Morgan fingerprint density at radius 1 is 0.328 bits per heavy atom. The number of benzene rings is 9. The van der Waals surface area contributed by atoms with E-state index in [4.69, 9.17) is 0 Å². The van der Waals surface area contributed by atoms with E-state index in [1.165, 1.54) is 74.9 Å². The van der Waals surface area contributed by atoms with Crippen molar-refractivity contribution in [1.29, 1.82) is 0 Å². The van der Waals surface area contributed by atoms with Crippen molar-refractivity contribution in [3.8, 4) is 22.5 Å². The van der Waals surface area contributed by atoms with E-state index < -0.39 is 0 Å². The van der Waals surface area contributed by atoms with E-state index in [1.807, 2.05) is 11.3 Å². The molecule has 0 spiro atoms. The fraction of sp³-hybridized carbons (Fsp3) is 0. The summed E-state index contributed by atoms with van der Waals surface area (Å²) in [5, 5.41) is 7.55. The second-order valence-electron chi connectivity index (χ2n) is 14.9. The second kappa shape index (κ2) is 13.1. The standard InChI is InChI=1S/C54H35N3S/c1-3-14-38(15-4-1)56-48-22-11-8-20-46(48)54-49(23-13-24-50(54)56)55(40-29-26-36(27-30-40)37-28-32-45-44-19-9-12-25-52(44)58-53(45)34-37)41-31-33-43-42-18-7-10-21-47(42)57(51(43)35-41)39-16-5-2-6-17-39/h1-35H. The third-order valence-corrected chi connectivity index (χ3v) is 12.8. The average Bonchev–Trinajstić information content (AvgIpc) is 3.95. The van der Waals surface area contributed by atoms with Gasteiger partial charge in [0, 0.05) is 64.5 Å². The van der Waals surface area contributed by atoms with E-state index in [9.17, 15) is 0 Å². The molecular weight excluding hydrogens is 723 g/mol. The van der Waals surface area contributed by atoms with Gasteiger partial charge in [-0.15, -0.1) is 11.3 Å². The molecule has 9 aromatic carbocycles. The van der Waals surface area contributed by atoms with Gasteiger partial charge >= 0.3 is 0 Å². The molecule has 0 radical (unpaired) electrons. The molecule has 0 saturated carbocycles. The van der Waals surface area contributed by atoms with Crippen LogP contribution in [0.4, 0.5) is 17.1 Å². The molecule has 0 aliphatic rings. The Kier molecular flexibility index (Phi) is 7.40. The van der Waals surface area contributed by atoms with Gasteiger partial charge in [0.15, 0.2) is 0 Å². The maximum atomic E-state index is 2.45. The minimum Gasteiger partial charge on any atom is -0.310 e. The zero-order chi connectivity index (χ0) is 38.2. The first-order valence-electron chi connectivity index (χ1n) is 19.8. The van der Waals surface area contributed by atoms with Crippen LogP contribution in [0, 0.1) is 0 Å². The van der Waals surface area contributed by atoms with Crippen LogP contribution < -0.4 is 4.90 Å². The SMILES string of the molecule is c1ccc(-n2c3ccccc3c3ccc(N(c4ccc(-c5ccc6c(c5)sc5ccccc56)cc4)c4cccc5c4c4ccccc4n5-c4ccccc4)cc32)cc1. The molecule has 58 heavy (non-hydrogen) atoms. The van der Waals surface area contributed by atoms with E-state index in [0.717, 1.165) is 28.4 Å². The van der Waals surface area contributed by atoms with Gasteiger partial charge in [0.1, 0.15) is 0 Å². The minimum absolute atomic E-state index is 1.09. The van der Waals surface area contributed by atoms with Crippen molar-refractivity contribution in [2.45, 2.75) is 0 Å². The predicted octanol–water partition coefficient (Wildman–Crippen LogP) is 15.4. The van der Waals surface area contributed by atoms with Gasteiger partial charge in [-0.1, -0.05) is 127 Å². The average molecular weight is 758 g/mol. The number of hydrogen-bond acceptors (Lipinski definition) is 2. The van der Waals surface area contributed by atoms with Crippen molar-refractivity contribution in [2.24, 2.45) is 0 Å². The summed E-state index contributed by atoms with van der Waals surface area (Å²) in [6, 6.07) is 77.5. The van der Waals surface area contributed by atoms with Crippen molar-refractivity contribution in [2.75, 3.05) is 4.90 Å². The summed E-state index contributed by atoms with van der Waals surface area (Å²) in [7, 11) is 0. The number of hydrogen-bond donors (Lipinski definition) is 0. The molecule has 3 heterocycles. The Hall–Kier alpha value is -7.40. The van der Waals surface area contributed by atoms with Crippen LogP contribution in [-0.4, -0.2) is 9.13 Å². The monoisotopic (exact) mass is 757 g/mol. The molecule has 0 aliphatic heterocycles. The lowest BCUT2D eigenvalue weighted by Gasteiger charge is -2.27. The molecule has 0 fully saturated rings. The molecule has 0 bridgehead atoms. The molecule has 4 heteroatoms. The molecule has 12 aromatic rings. The van der Waals surface area contributed by atoms with Crippen LogP contribution in [0.1, 0.15) is 0 Å². The Bertz CT molecular complexity index is 3500. The summed E-state index contributed by atoms with van der Waals surface area (Å²) in [5.41, 5.74) is 12.7. The first-order valence-corrected chi connectivity index (χ1v) is 20.6. The van der Waals surface area contributed by atoms with Crippen LogP contribution in [-0.2, 0) is 0 Å². The zero-order valence-electron chi connectivity index (χ0n) is 31.5. The maximum Gasteiger partial charge on any atom is 0.0562 e. The molecule has 0 atom stereocenters. The Morgan fingerprint density at radius 2 is 0.862 bits per heavy atom. The van der Waals surface area contributed by atoms with E-state index >= 15 is 0 Å². The number of anilines is 3. The van der Waals surface area contributed by atoms with Gasteiger partial charge in [0.25, 0.3) is 0 Å². The van der Waals surface area contributed by atoms with Gasteiger partial charge in [0.05, 0.1) is 27.8 Å². The highest BCUT2D eigenvalue weighted by atomic mass is 32.1. The van der Waals surface area contributed by atoms with Gasteiger partial charge < -0.3 is 14.0 Å². The third-order valence-electron chi connectivity index (χ3n) is 11.7. The lowest BCUT2D eigenvalue weighted by atomic mass is 10.0. The van der Waals surface area contributed by atoms with Gasteiger partial charge in [-0.2, -0.15) is 0 Å². The first kappa shape index (κ1) is 32.8. The Balaban J connectivity index is 1.09. The smallest absolute Gasteiger partial charge is 0.0562 e. The summed E-state index contributed by atoms with van der Waals surface area (Å²) < 4.78 is 7.44. The van der Waals surface area contributed by atoms with Gasteiger partial charge in [0.2, 0.25) is 0 Å². The number of thiophene rings is 1. The van der Waals surface area contributed by atoms with Crippen LogP contribution in [0.3, 0.4) is 0 Å². The summed E-state index contributed by atoms with van der Waals surface area (Å²) in [5.74, 6) is 0. The van der Waals surface area contributed by atoms with Crippen molar-refractivity contribution >= 4 is 92.2 Å².